The first kappa shape index (κ1) is 18.1. The van der Waals surface area contributed by atoms with Gasteiger partial charge in [0.1, 0.15) is 0 Å². The minimum Gasteiger partial charge on any atom is -0.373 e. The summed E-state index contributed by atoms with van der Waals surface area (Å²) in [5.74, 6) is 2.04. The summed E-state index contributed by atoms with van der Waals surface area (Å²) in [5.41, 5.74) is 0. The van der Waals surface area contributed by atoms with Crippen molar-refractivity contribution in [3.05, 3.63) is 0 Å². The van der Waals surface area contributed by atoms with E-state index in [0.717, 1.165) is 11.8 Å². The second-order valence-electron chi connectivity index (χ2n) is 7.88. The summed E-state index contributed by atoms with van der Waals surface area (Å²) in [6, 6.07) is 0. The molecule has 138 valence electrons. The number of hydrogen-bond acceptors (Lipinski definition) is 4. The van der Waals surface area contributed by atoms with E-state index in [4.69, 9.17) is 4.74 Å². The van der Waals surface area contributed by atoms with E-state index in [2.05, 4.69) is 5.32 Å². The molecule has 0 radical (unpaired) electrons. The molecule has 1 saturated heterocycles. The van der Waals surface area contributed by atoms with Crippen LogP contribution in [0.15, 0.2) is 0 Å². The Morgan fingerprint density at radius 1 is 1.17 bits per heavy atom. The summed E-state index contributed by atoms with van der Waals surface area (Å²) in [6.45, 7) is 4.75. The highest BCUT2D eigenvalue weighted by Crippen LogP contribution is 2.49. The molecule has 7 heteroatoms. The van der Waals surface area contributed by atoms with Crippen molar-refractivity contribution in [1.82, 2.24) is 9.62 Å². The predicted octanol–water partition coefficient (Wildman–Crippen LogP) is 1.37. The Bertz CT molecular complexity index is 555. The molecule has 3 aliphatic rings. The molecule has 0 aromatic carbocycles. The number of fused-ring (bicyclic) bond motifs is 2. The monoisotopic (exact) mass is 358 g/mol. The lowest BCUT2D eigenvalue weighted by Crippen LogP contribution is -2.49. The third kappa shape index (κ3) is 4.29. The van der Waals surface area contributed by atoms with E-state index >= 15 is 0 Å². The quantitative estimate of drug-likeness (QED) is 0.778. The van der Waals surface area contributed by atoms with Gasteiger partial charge in [0.2, 0.25) is 15.9 Å². The fourth-order valence-electron chi connectivity index (χ4n) is 4.74. The molecule has 6 nitrogen and oxygen atoms in total. The fraction of sp³-hybridized carbons (Fsp3) is 0.941. The molecule has 1 amide bonds. The third-order valence-corrected chi connectivity index (χ3v) is 7.60. The highest BCUT2D eigenvalue weighted by atomic mass is 32.2. The average molecular weight is 359 g/mol. The molecule has 0 spiro atoms. The minimum absolute atomic E-state index is 0.00598. The van der Waals surface area contributed by atoms with Gasteiger partial charge < -0.3 is 10.1 Å². The van der Waals surface area contributed by atoms with E-state index in [1.807, 2.05) is 13.8 Å². The SMILES string of the molecule is CC1CN(S(=O)(=O)CCNC(=O)CC2CC3CCC2C3)CC(C)O1. The number of carbonyl (C=O) groups excluding carboxylic acids is 1. The molecular weight excluding hydrogens is 328 g/mol. The molecule has 24 heavy (non-hydrogen) atoms. The maximum absolute atomic E-state index is 12.4. The molecule has 3 rings (SSSR count). The van der Waals surface area contributed by atoms with Gasteiger partial charge in [-0.15, -0.1) is 0 Å². The fourth-order valence-corrected chi connectivity index (χ4v) is 6.24. The standard InChI is InChI=1S/C17H30N2O4S/c1-12-10-19(11-13(2)23-12)24(21,22)6-5-18-17(20)9-16-8-14-3-4-15(16)7-14/h12-16H,3-11H2,1-2H3,(H,18,20). The number of sulfonamides is 1. The summed E-state index contributed by atoms with van der Waals surface area (Å²) in [7, 11) is -3.34. The van der Waals surface area contributed by atoms with Gasteiger partial charge in [0, 0.05) is 26.1 Å². The van der Waals surface area contributed by atoms with Gasteiger partial charge >= 0.3 is 0 Å². The topological polar surface area (TPSA) is 75.7 Å². The van der Waals surface area contributed by atoms with Crippen molar-refractivity contribution in [2.45, 2.75) is 58.2 Å². The van der Waals surface area contributed by atoms with Crippen LogP contribution in [0.25, 0.3) is 0 Å². The van der Waals surface area contributed by atoms with Crippen LogP contribution < -0.4 is 5.32 Å². The summed E-state index contributed by atoms with van der Waals surface area (Å²) in [5, 5.41) is 2.81. The van der Waals surface area contributed by atoms with Crippen LogP contribution in [0, 0.1) is 17.8 Å². The van der Waals surface area contributed by atoms with Gasteiger partial charge in [-0.05, 0) is 50.9 Å². The van der Waals surface area contributed by atoms with Crippen LogP contribution >= 0.6 is 0 Å². The van der Waals surface area contributed by atoms with Crippen LogP contribution in [-0.2, 0) is 19.6 Å². The maximum atomic E-state index is 12.4. The zero-order valence-electron chi connectivity index (χ0n) is 14.7. The number of rotatable bonds is 6. The maximum Gasteiger partial charge on any atom is 0.220 e. The van der Waals surface area contributed by atoms with Gasteiger partial charge in [0.05, 0.1) is 18.0 Å². The normalized spacial score (nSPS) is 36.8. The Morgan fingerprint density at radius 3 is 2.46 bits per heavy atom. The molecule has 3 fully saturated rings. The zero-order valence-corrected chi connectivity index (χ0v) is 15.6. The average Bonchev–Trinajstić information content (AvgIpc) is 3.08. The van der Waals surface area contributed by atoms with Crippen LogP contribution in [0.5, 0.6) is 0 Å². The number of nitrogens with one attached hydrogen (secondary N) is 1. The highest BCUT2D eigenvalue weighted by Gasteiger charge is 2.40. The minimum atomic E-state index is -3.34. The number of carbonyl (C=O) groups is 1. The molecule has 2 aliphatic carbocycles. The molecule has 0 aromatic rings. The first-order chi connectivity index (χ1) is 11.3. The second kappa shape index (κ2) is 7.30. The van der Waals surface area contributed by atoms with Crippen LogP contribution in [0.3, 0.4) is 0 Å². The van der Waals surface area contributed by atoms with Crippen molar-refractivity contribution in [3.63, 3.8) is 0 Å². The van der Waals surface area contributed by atoms with Crippen molar-refractivity contribution in [2.24, 2.45) is 17.8 Å². The second-order valence-corrected chi connectivity index (χ2v) is 9.97. The van der Waals surface area contributed by atoms with E-state index in [1.165, 1.54) is 30.0 Å². The Hall–Kier alpha value is -0.660. The molecule has 5 unspecified atom stereocenters. The van der Waals surface area contributed by atoms with Crippen molar-refractivity contribution < 1.29 is 17.9 Å². The lowest BCUT2D eigenvalue weighted by atomic mass is 9.86. The molecule has 2 bridgehead atoms. The van der Waals surface area contributed by atoms with Gasteiger partial charge in [-0.1, -0.05) is 6.42 Å². The molecule has 2 saturated carbocycles. The third-order valence-electron chi connectivity index (χ3n) is 5.79. The van der Waals surface area contributed by atoms with Crippen molar-refractivity contribution >= 4 is 15.9 Å². The molecule has 1 N–H and O–H groups in total. The molecule has 0 aromatic heterocycles. The number of amides is 1. The highest BCUT2D eigenvalue weighted by molar-refractivity contribution is 7.89. The van der Waals surface area contributed by atoms with Crippen LogP contribution in [-0.4, -0.2) is 56.2 Å². The zero-order chi connectivity index (χ0) is 17.3. The van der Waals surface area contributed by atoms with E-state index in [9.17, 15) is 13.2 Å². The summed E-state index contributed by atoms with van der Waals surface area (Å²) < 4.78 is 31.9. The van der Waals surface area contributed by atoms with Crippen LogP contribution in [0.1, 0.15) is 46.0 Å². The van der Waals surface area contributed by atoms with Crippen molar-refractivity contribution in [2.75, 3.05) is 25.4 Å². The lowest BCUT2D eigenvalue weighted by molar-refractivity contribution is -0.122. The number of morpholine rings is 1. The number of nitrogens with zero attached hydrogens (tertiary/aromatic N) is 1. The lowest BCUT2D eigenvalue weighted by Gasteiger charge is -2.34. The van der Waals surface area contributed by atoms with Crippen molar-refractivity contribution in [3.8, 4) is 0 Å². The smallest absolute Gasteiger partial charge is 0.220 e. The van der Waals surface area contributed by atoms with Gasteiger partial charge in [-0.2, -0.15) is 4.31 Å². The number of hydrogen-bond donors (Lipinski definition) is 1. The Labute approximate surface area is 145 Å². The van der Waals surface area contributed by atoms with E-state index in [1.54, 1.807) is 0 Å². The van der Waals surface area contributed by atoms with Gasteiger partial charge in [0.25, 0.3) is 0 Å². The van der Waals surface area contributed by atoms with Gasteiger partial charge in [0.15, 0.2) is 0 Å². The van der Waals surface area contributed by atoms with Gasteiger partial charge in [-0.25, -0.2) is 8.42 Å². The van der Waals surface area contributed by atoms with E-state index < -0.39 is 10.0 Å². The van der Waals surface area contributed by atoms with Crippen molar-refractivity contribution in [1.29, 1.82) is 0 Å². The molecular formula is C17H30N2O4S. The molecule has 5 atom stereocenters. The number of ether oxygens (including phenoxy) is 1. The first-order valence-corrected chi connectivity index (χ1v) is 10.8. The summed E-state index contributed by atoms with van der Waals surface area (Å²) >= 11 is 0. The molecule has 1 heterocycles. The Balaban J connectivity index is 1.41. The largest absolute Gasteiger partial charge is 0.373 e. The predicted molar refractivity (Wildman–Crippen MR) is 91.9 cm³/mol. The Morgan fingerprint density at radius 2 is 1.88 bits per heavy atom. The van der Waals surface area contributed by atoms with E-state index in [0.29, 0.717) is 25.4 Å². The summed E-state index contributed by atoms with van der Waals surface area (Å²) in [4.78, 5) is 12.1. The van der Waals surface area contributed by atoms with Gasteiger partial charge in [-0.3, -0.25) is 4.79 Å². The summed E-state index contributed by atoms with van der Waals surface area (Å²) in [6.07, 6.45) is 5.46. The molecule has 1 aliphatic heterocycles. The Kier molecular flexibility index (Phi) is 5.52. The van der Waals surface area contributed by atoms with Crippen LogP contribution in [0.2, 0.25) is 0 Å². The van der Waals surface area contributed by atoms with E-state index in [-0.39, 0.29) is 30.4 Å². The first-order valence-electron chi connectivity index (χ1n) is 9.23. The van der Waals surface area contributed by atoms with Crippen LogP contribution in [0.4, 0.5) is 0 Å².